The zero-order valence-electron chi connectivity index (χ0n) is 17.4. The highest BCUT2D eigenvalue weighted by Gasteiger charge is 2.12. The van der Waals surface area contributed by atoms with Gasteiger partial charge in [0.15, 0.2) is 18.1 Å². The summed E-state index contributed by atoms with van der Waals surface area (Å²) < 4.78 is 16.7. The van der Waals surface area contributed by atoms with Crippen molar-refractivity contribution in [2.24, 2.45) is 0 Å². The second-order valence-electron chi connectivity index (χ2n) is 6.95. The van der Waals surface area contributed by atoms with Crippen molar-refractivity contribution in [3.05, 3.63) is 83.7 Å². The number of amides is 1. The van der Waals surface area contributed by atoms with Crippen LogP contribution in [0.2, 0.25) is 0 Å². The fourth-order valence-electron chi connectivity index (χ4n) is 2.91. The number of ether oxygens (including phenoxy) is 3. The Kier molecular flexibility index (Phi) is 7.27. The molecule has 0 saturated heterocycles. The third-order valence-corrected chi connectivity index (χ3v) is 4.56. The molecule has 3 aromatic rings. The molecule has 0 fully saturated rings. The number of hydrogen-bond acceptors (Lipinski definition) is 5. The molecule has 156 valence electrons. The van der Waals surface area contributed by atoms with Crippen LogP contribution in [0.1, 0.15) is 29.7 Å². The highest BCUT2D eigenvalue weighted by molar-refractivity contribution is 5.78. The van der Waals surface area contributed by atoms with Gasteiger partial charge in [-0.1, -0.05) is 24.3 Å². The van der Waals surface area contributed by atoms with Gasteiger partial charge in [-0.3, -0.25) is 9.78 Å². The summed E-state index contributed by atoms with van der Waals surface area (Å²) in [6, 6.07) is 16.9. The number of aromatic nitrogens is 1. The SMILES string of the molecule is COc1cc(C)ccc1OCC(=O)NC(C)c1ccc(OCc2cccnc2)cc1. The van der Waals surface area contributed by atoms with Gasteiger partial charge in [0, 0.05) is 18.0 Å². The van der Waals surface area contributed by atoms with E-state index in [1.165, 1.54) is 0 Å². The summed E-state index contributed by atoms with van der Waals surface area (Å²) in [5.41, 5.74) is 3.04. The zero-order chi connectivity index (χ0) is 21.3. The van der Waals surface area contributed by atoms with E-state index >= 15 is 0 Å². The van der Waals surface area contributed by atoms with E-state index in [0.29, 0.717) is 18.1 Å². The van der Waals surface area contributed by atoms with Crippen LogP contribution >= 0.6 is 0 Å². The fourth-order valence-corrected chi connectivity index (χ4v) is 2.91. The van der Waals surface area contributed by atoms with Gasteiger partial charge in [-0.25, -0.2) is 0 Å². The summed E-state index contributed by atoms with van der Waals surface area (Å²) >= 11 is 0. The largest absolute Gasteiger partial charge is 0.493 e. The number of carbonyl (C=O) groups excluding carboxylic acids is 1. The van der Waals surface area contributed by atoms with E-state index in [2.05, 4.69) is 10.3 Å². The lowest BCUT2D eigenvalue weighted by Gasteiger charge is -2.16. The molecule has 0 aliphatic carbocycles. The predicted molar refractivity (Wildman–Crippen MR) is 115 cm³/mol. The molecule has 1 N–H and O–H groups in total. The molecule has 0 radical (unpaired) electrons. The molecule has 30 heavy (non-hydrogen) atoms. The first-order valence-corrected chi connectivity index (χ1v) is 9.73. The van der Waals surface area contributed by atoms with Crippen LogP contribution in [-0.2, 0) is 11.4 Å². The van der Waals surface area contributed by atoms with Crippen molar-refractivity contribution in [1.82, 2.24) is 10.3 Å². The standard InChI is InChI=1S/C24H26N2O4/c1-17-6-11-22(23(13-17)28-3)30-16-24(27)26-18(2)20-7-9-21(10-8-20)29-15-19-5-4-12-25-14-19/h4-14,18H,15-16H2,1-3H3,(H,26,27). The number of nitrogens with zero attached hydrogens (tertiary/aromatic N) is 1. The summed E-state index contributed by atoms with van der Waals surface area (Å²) in [4.78, 5) is 16.4. The predicted octanol–water partition coefficient (Wildman–Crippen LogP) is 4.23. The molecule has 3 rings (SSSR count). The van der Waals surface area contributed by atoms with E-state index in [1.54, 1.807) is 25.6 Å². The Hall–Kier alpha value is -3.54. The number of aryl methyl sites for hydroxylation is 1. The highest BCUT2D eigenvalue weighted by atomic mass is 16.5. The molecular weight excluding hydrogens is 380 g/mol. The Morgan fingerprint density at radius 2 is 1.87 bits per heavy atom. The van der Waals surface area contributed by atoms with Gasteiger partial charge in [0.1, 0.15) is 12.4 Å². The summed E-state index contributed by atoms with van der Waals surface area (Å²) in [6.45, 7) is 4.26. The topological polar surface area (TPSA) is 69.7 Å². The van der Waals surface area contributed by atoms with Crippen molar-refractivity contribution >= 4 is 5.91 Å². The lowest BCUT2D eigenvalue weighted by atomic mass is 10.1. The quantitative estimate of drug-likeness (QED) is 0.576. The molecule has 1 aromatic heterocycles. The second-order valence-corrected chi connectivity index (χ2v) is 6.95. The number of pyridine rings is 1. The number of methoxy groups -OCH3 is 1. The number of nitrogens with one attached hydrogen (secondary N) is 1. The first-order chi connectivity index (χ1) is 14.5. The Balaban J connectivity index is 1.49. The third-order valence-electron chi connectivity index (χ3n) is 4.56. The van der Waals surface area contributed by atoms with Crippen LogP contribution < -0.4 is 19.5 Å². The van der Waals surface area contributed by atoms with Crippen LogP contribution in [0.15, 0.2) is 67.0 Å². The van der Waals surface area contributed by atoms with Gasteiger partial charge in [-0.15, -0.1) is 0 Å². The zero-order valence-corrected chi connectivity index (χ0v) is 17.4. The van der Waals surface area contributed by atoms with E-state index in [4.69, 9.17) is 14.2 Å². The minimum absolute atomic E-state index is 0.0872. The number of rotatable bonds is 9. The maximum absolute atomic E-state index is 12.3. The molecule has 2 aromatic carbocycles. The molecule has 1 unspecified atom stereocenters. The van der Waals surface area contributed by atoms with Crippen LogP contribution in [0.3, 0.4) is 0 Å². The van der Waals surface area contributed by atoms with Crippen LogP contribution in [0.4, 0.5) is 0 Å². The first-order valence-electron chi connectivity index (χ1n) is 9.73. The van der Waals surface area contributed by atoms with E-state index in [1.807, 2.05) is 62.4 Å². The minimum Gasteiger partial charge on any atom is -0.493 e. The molecule has 0 aliphatic rings. The molecule has 1 atom stereocenters. The minimum atomic E-state index is -0.206. The number of carbonyl (C=O) groups is 1. The van der Waals surface area contributed by atoms with Gasteiger partial charge in [0.2, 0.25) is 0 Å². The lowest BCUT2D eigenvalue weighted by Crippen LogP contribution is -2.31. The normalized spacial score (nSPS) is 11.4. The van der Waals surface area contributed by atoms with Crippen molar-refractivity contribution in [3.8, 4) is 17.2 Å². The third kappa shape index (κ3) is 5.98. The van der Waals surface area contributed by atoms with Crippen molar-refractivity contribution < 1.29 is 19.0 Å². The molecule has 6 nitrogen and oxygen atoms in total. The van der Waals surface area contributed by atoms with Crippen molar-refractivity contribution in [1.29, 1.82) is 0 Å². The van der Waals surface area contributed by atoms with Gasteiger partial charge in [-0.2, -0.15) is 0 Å². The second kappa shape index (κ2) is 10.3. The van der Waals surface area contributed by atoms with E-state index in [9.17, 15) is 4.79 Å². The Morgan fingerprint density at radius 1 is 1.07 bits per heavy atom. The van der Waals surface area contributed by atoms with Crippen molar-refractivity contribution in [2.75, 3.05) is 13.7 Å². The van der Waals surface area contributed by atoms with Crippen LogP contribution in [0.25, 0.3) is 0 Å². The molecule has 6 heteroatoms. The average Bonchev–Trinajstić information content (AvgIpc) is 2.77. The van der Waals surface area contributed by atoms with E-state index < -0.39 is 0 Å². The maximum atomic E-state index is 12.3. The Morgan fingerprint density at radius 3 is 2.57 bits per heavy atom. The monoisotopic (exact) mass is 406 g/mol. The van der Waals surface area contributed by atoms with Gasteiger partial charge in [0.05, 0.1) is 13.2 Å². The number of hydrogen-bond donors (Lipinski definition) is 1. The molecule has 0 bridgehead atoms. The van der Waals surface area contributed by atoms with Gasteiger partial charge in [-0.05, 0) is 55.3 Å². The van der Waals surface area contributed by atoms with Gasteiger partial charge in [0.25, 0.3) is 5.91 Å². The Labute approximate surface area is 176 Å². The van der Waals surface area contributed by atoms with Crippen LogP contribution in [0, 0.1) is 6.92 Å². The summed E-state index contributed by atoms with van der Waals surface area (Å²) in [6.07, 6.45) is 3.51. The average molecular weight is 406 g/mol. The Bertz CT molecular complexity index is 959. The fraction of sp³-hybridized carbons (Fsp3) is 0.250. The van der Waals surface area contributed by atoms with Gasteiger partial charge >= 0.3 is 0 Å². The maximum Gasteiger partial charge on any atom is 0.258 e. The van der Waals surface area contributed by atoms with E-state index in [-0.39, 0.29) is 18.6 Å². The number of benzene rings is 2. The first kappa shape index (κ1) is 21.2. The molecular formula is C24H26N2O4. The van der Waals surface area contributed by atoms with Crippen molar-refractivity contribution in [2.45, 2.75) is 26.5 Å². The van der Waals surface area contributed by atoms with Crippen LogP contribution in [0.5, 0.6) is 17.2 Å². The summed E-state index contributed by atoms with van der Waals surface area (Å²) in [7, 11) is 1.58. The van der Waals surface area contributed by atoms with Crippen molar-refractivity contribution in [3.63, 3.8) is 0 Å². The molecule has 0 spiro atoms. The molecule has 1 heterocycles. The van der Waals surface area contributed by atoms with E-state index in [0.717, 1.165) is 22.4 Å². The molecule has 0 aliphatic heterocycles. The molecule has 1 amide bonds. The van der Waals surface area contributed by atoms with Crippen LogP contribution in [-0.4, -0.2) is 24.6 Å². The summed E-state index contributed by atoms with van der Waals surface area (Å²) in [5, 5.41) is 2.94. The highest BCUT2D eigenvalue weighted by Crippen LogP contribution is 2.27. The summed E-state index contributed by atoms with van der Waals surface area (Å²) in [5.74, 6) is 1.71. The smallest absolute Gasteiger partial charge is 0.258 e. The molecule has 0 saturated carbocycles. The lowest BCUT2D eigenvalue weighted by molar-refractivity contribution is -0.123. The van der Waals surface area contributed by atoms with Gasteiger partial charge < -0.3 is 19.5 Å².